The number of nitrogens with one attached hydrogen (secondary N) is 1. The van der Waals surface area contributed by atoms with E-state index in [0.29, 0.717) is 0 Å². The van der Waals surface area contributed by atoms with E-state index in [-0.39, 0.29) is 6.61 Å². The van der Waals surface area contributed by atoms with Gasteiger partial charge in [0.05, 0.1) is 16.8 Å². The van der Waals surface area contributed by atoms with Crippen molar-refractivity contribution in [3.05, 3.63) is 0 Å². The van der Waals surface area contributed by atoms with Crippen molar-refractivity contribution in [2.45, 2.75) is 39.3 Å². The van der Waals surface area contributed by atoms with Crippen molar-refractivity contribution in [3.8, 4) is 0 Å². The van der Waals surface area contributed by atoms with Crippen LogP contribution in [0.2, 0.25) is 0 Å². The molecule has 0 saturated heterocycles. The van der Waals surface area contributed by atoms with Crippen molar-refractivity contribution < 1.29 is 18.4 Å². The zero-order valence-corrected chi connectivity index (χ0v) is 8.51. The van der Waals surface area contributed by atoms with E-state index >= 15 is 0 Å². The van der Waals surface area contributed by atoms with Gasteiger partial charge in [-0.25, -0.2) is 4.79 Å². The molecule has 0 aliphatic rings. The maximum absolute atomic E-state index is 11.3. The molecule has 0 aliphatic heterocycles. The minimum absolute atomic E-state index is 0.0876. The lowest BCUT2D eigenvalue weighted by Crippen LogP contribution is -2.39. The molecule has 0 heterocycles. The van der Waals surface area contributed by atoms with Crippen LogP contribution in [0.4, 0.5) is 4.79 Å². The molecule has 0 fully saturated rings. The minimum Gasteiger partial charge on any atom is -0.444 e. The average molecular weight is 192 g/mol. The van der Waals surface area contributed by atoms with E-state index in [1.165, 1.54) is 0 Å². The van der Waals surface area contributed by atoms with Crippen molar-refractivity contribution >= 4 is 6.09 Å². The summed E-state index contributed by atoms with van der Waals surface area (Å²) in [5.41, 5.74) is -0.575. The molecule has 0 bridgehead atoms. The molecule has 0 aliphatic carbocycles. The number of methoxy groups -OCH3 is 1. The van der Waals surface area contributed by atoms with Gasteiger partial charge >= 0.3 is 6.09 Å². The summed E-state index contributed by atoms with van der Waals surface area (Å²) in [6, 6.07) is -0.421. The van der Waals surface area contributed by atoms with Crippen LogP contribution in [0.15, 0.2) is 0 Å². The molecular formula is C9H19NO3. The monoisotopic (exact) mass is 192 g/mol. The Labute approximate surface area is 83.8 Å². The van der Waals surface area contributed by atoms with Crippen molar-refractivity contribution in [3.63, 3.8) is 0 Å². The van der Waals surface area contributed by atoms with E-state index in [2.05, 4.69) is 10.1 Å². The first-order valence-electron chi connectivity index (χ1n) is 5.63. The molecular weight excluding hydrogens is 170 g/mol. The Hall–Kier alpha value is -0.770. The summed E-state index contributed by atoms with van der Waals surface area (Å²) >= 11 is 0. The van der Waals surface area contributed by atoms with Gasteiger partial charge in [-0.3, -0.25) is 0 Å². The Morgan fingerprint density at radius 1 is 1.62 bits per heavy atom. The molecule has 1 N–H and O–H groups in total. The van der Waals surface area contributed by atoms with Gasteiger partial charge < -0.3 is 14.8 Å². The first kappa shape index (κ1) is 7.62. The molecule has 0 spiro atoms. The number of rotatable bonds is 3. The number of hydrogen-bond acceptors (Lipinski definition) is 3. The van der Waals surface area contributed by atoms with E-state index in [9.17, 15) is 4.79 Å². The maximum Gasteiger partial charge on any atom is 0.407 e. The largest absolute Gasteiger partial charge is 0.444 e. The predicted octanol–water partition coefficient (Wildman–Crippen LogP) is 1.55. The first-order chi connectivity index (χ1) is 6.99. The number of ether oxygens (including phenoxy) is 2. The Kier molecular flexibility index (Phi) is 2.97. The zero-order valence-electron chi connectivity index (χ0n) is 11.5. The summed E-state index contributed by atoms with van der Waals surface area (Å²) in [5, 5.41) is 2.47. The number of alkyl carbamates (subject to hydrolysis) is 1. The SMILES string of the molecule is [2H]C([2H])([2H])OCC(C)NC(=O)OC(C)(C)C. The molecule has 0 aromatic heterocycles. The van der Waals surface area contributed by atoms with E-state index < -0.39 is 24.8 Å². The Morgan fingerprint density at radius 3 is 2.69 bits per heavy atom. The van der Waals surface area contributed by atoms with Crippen LogP contribution in [0.3, 0.4) is 0 Å². The zero-order chi connectivity index (χ0) is 13.0. The van der Waals surface area contributed by atoms with Gasteiger partial charge in [0.15, 0.2) is 0 Å². The molecule has 4 heteroatoms. The van der Waals surface area contributed by atoms with Crippen LogP contribution in [0.5, 0.6) is 0 Å². The van der Waals surface area contributed by atoms with Crippen LogP contribution in [-0.2, 0) is 9.47 Å². The second-order valence-corrected chi connectivity index (χ2v) is 3.86. The van der Waals surface area contributed by atoms with Crippen LogP contribution in [-0.4, -0.2) is 31.4 Å². The molecule has 1 unspecified atom stereocenters. The lowest BCUT2D eigenvalue weighted by molar-refractivity contribution is 0.0477. The third kappa shape index (κ3) is 7.59. The van der Waals surface area contributed by atoms with E-state index in [4.69, 9.17) is 8.85 Å². The molecule has 1 atom stereocenters. The van der Waals surface area contributed by atoms with Gasteiger partial charge in [0.2, 0.25) is 0 Å². The summed E-state index contributed by atoms with van der Waals surface area (Å²) in [5.74, 6) is 0. The number of amides is 1. The van der Waals surface area contributed by atoms with Gasteiger partial charge in [0.25, 0.3) is 0 Å². The summed E-state index contributed by atoms with van der Waals surface area (Å²) in [4.78, 5) is 11.3. The second-order valence-electron chi connectivity index (χ2n) is 3.86. The Bertz CT molecular complexity index is 235. The Morgan fingerprint density at radius 2 is 2.23 bits per heavy atom. The van der Waals surface area contributed by atoms with Gasteiger partial charge in [-0.1, -0.05) is 0 Å². The summed E-state index contributed by atoms with van der Waals surface area (Å²) < 4.78 is 30.0. The molecule has 0 rings (SSSR count). The average Bonchev–Trinajstić information content (AvgIpc) is 1.95. The van der Waals surface area contributed by atoms with Gasteiger partial charge in [-0.05, 0) is 27.7 Å². The van der Waals surface area contributed by atoms with Gasteiger partial charge in [0, 0.05) is 7.04 Å². The van der Waals surface area contributed by atoms with E-state index in [0.717, 1.165) is 0 Å². The highest BCUT2D eigenvalue weighted by atomic mass is 16.6. The highest BCUT2D eigenvalue weighted by Crippen LogP contribution is 2.06. The fourth-order valence-electron chi connectivity index (χ4n) is 0.675. The minimum atomic E-state index is -2.44. The second kappa shape index (κ2) is 5.07. The van der Waals surface area contributed by atoms with Crippen molar-refractivity contribution in [2.24, 2.45) is 0 Å². The Balaban J connectivity index is 3.88. The highest BCUT2D eigenvalue weighted by molar-refractivity contribution is 5.68. The molecule has 0 saturated carbocycles. The third-order valence-electron chi connectivity index (χ3n) is 1.10. The van der Waals surface area contributed by atoms with E-state index in [1.807, 2.05) is 0 Å². The molecule has 4 nitrogen and oxygen atoms in total. The molecule has 0 aromatic carbocycles. The maximum atomic E-state index is 11.3. The molecule has 0 aromatic rings. The number of carbonyl (C=O) groups is 1. The van der Waals surface area contributed by atoms with Crippen LogP contribution in [0.1, 0.15) is 31.8 Å². The summed E-state index contributed by atoms with van der Waals surface area (Å²) in [7, 11) is -2.44. The van der Waals surface area contributed by atoms with E-state index in [1.54, 1.807) is 27.7 Å². The fourth-order valence-corrected chi connectivity index (χ4v) is 0.675. The smallest absolute Gasteiger partial charge is 0.407 e. The van der Waals surface area contributed by atoms with Crippen molar-refractivity contribution in [2.75, 3.05) is 13.6 Å². The highest BCUT2D eigenvalue weighted by Gasteiger charge is 2.17. The van der Waals surface area contributed by atoms with Crippen molar-refractivity contribution in [1.29, 1.82) is 0 Å². The molecule has 1 amide bonds. The lowest BCUT2D eigenvalue weighted by atomic mass is 10.2. The third-order valence-corrected chi connectivity index (χ3v) is 1.10. The normalized spacial score (nSPS) is 18.0. The summed E-state index contributed by atoms with van der Waals surface area (Å²) in [6.07, 6.45) is -0.589. The van der Waals surface area contributed by atoms with Crippen LogP contribution >= 0.6 is 0 Å². The van der Waals surface area contributed by atoms with Gasteiger partial charge in [0.1, 0.15) is 5.60 Å². The molecule has 78 valence electrons. The van der Waals surface area contributed by atoms with Gasteiger partial charge in [-0.2, -0.15) is 0 Å². The fraction of sp³-hybridized carbons (Fsp3) is 0.889. The first-order valence-corrected chi connectivity index (χ1v) is 4.13. The lowest BCUT2D eigenvalue weighted by Gasteiger charge is -2.21. The number of hydrogen-bond donors (Lipinski definition) is 1. The standard InChI is InChI=1S/C9H19NO3/c1-7(6-12-5)10-8(11)13-9(2,3)4/h7H,6H2,1-5H3,(H,10,11)/i5D3. The summed E-state index contributed by atoms with van der Waals surface area (Å²) in [6.45, 7) is 6.79. The van der Waals surface area contributed by atoms with Gasteiger partial charge in [-0.15, -0.1) is 0 Å². The van der Waals surface area contributed by atoms with Crippen LogP contribution in [0, 0.1) is 0 Å². The van der Waals surface area contributed by atoms with Crippen LogP contribution < -0.4 is 5.32 Å². The predicted molar refractivity (Wildman–Crippen MR) is 50.7 cm³/mol. The topological polar surface area (TPSA) is 47.6 Å². The van der Waals surface area contributed by atoms with Crippen LogP contribution in [0.25, 0.3) is 0 Å². The number of carbonyl (C=O) groups excluding carboxylic acids is 1. The van der Waals surface area contributed by atoms with Crippen molar-refractivity contribution in [1.82, 2.24) is 5.32 Å². The molecule has 0 radical (unpaired) electrons. The quantitative estimate of drug-likeness (QED) is 0.738. The molecule has 13 heavy (non-hydrogen) atoms.